The molecule has 1 aliphatic rings. The second-order valence-electron chi connectivity index (χ2n) is 5.41. The number of carbonyl (C=O) groups excluding carboxylic acids is 2. The van der Waals surface area contributed by atoms with Gasteiger partial charge in [-0.3, -0.25) is 4.79 Å². The summed E-state index contributed by atoms with van der Waals surface area (Å²) < 4.78 is 0. The Kier molecular flexibility index (Phi) is 5.49. The highest BCUT2D eigenvalue weighted by atomic mass is 35.5. The smallest absolute Gasteiger partial charge is 0.345 e. The molecular weight excluding hydrogens is 306 g/mol. The van der Waals surface area contributed by atoms with E-state index in [9.17, 15) is 9.59 Å². The Hall–Kier alpha value is -1.95. The van der Waals surface area contributed by atoms with E-state index in [1.54, 1.807) is 37.2 Å². The molecule has 2 amide bonds. The monoisotopic (exact) mass is 325 g/mol. The third kappa shape index (κ3) is 4.04. The van der Waals surface area contributed by atoms with Crippen LogP contribution in [-0.4, -0.2) is 49.0 Å². The lowest BCUT2D eigenvalue weighted by molar-refractivity contribution is 0.0827. The molecule has 0 bridgehead atoms. The molecule has 2 rings (SSSR count). The van der Waals surface area contributed by atoms with Crippen molar-refractivity contribution in [1.29, 1.82) is 0 Å². The molecular formula is C15H20ClN3O3. The van der Waals surface area contributed by atoms with Crippen LogP contribution in [0.25, 0.3) is 0 Å². The van der Waals surface area contributed by atoms with E-state index in [4.69, 9.17) is 16.4 Å². The van der Waals surface area contributed by atoms with Gasteiger partial charge in [0, 0.05) is 27.2 Å². The maximum atomic E-state index is 11.9. The number of hydrogen-bond acceptors (Lipinski definition) is 4. The number of anilines is 1. The summed E-state index contributed by atoms with van der Waals surface area (Å²) in [5.74, 6) is -0.179. The lowest BCUT2D eigenvalue weighted by Gasteiger charge is -2.25. The molecule has 0 saturated carbocycles. The highest BCUT2D eigenvalue weighted by molar-refractivity contribution is 6.34. The maximum Gasteiger partial charge on any atom is 0.434 e. The van der Waals surface area contributed by atoms with Gasteiger partial charge < -0.3 is 14.6 Å². The first-order valence-electron chi connectivity index (χ1n) is 7.22. The second-order valence-corrected chi connectivity index (χ2v) is 5.82. The number of piperidine rings is 1. The van der Waals surface area contributed by atoms with Crippen molar-refractivity contribution in [2.24, 2.45) is 0 Å². The van der Waals surface area contributed by atoms with Gasteiger partial charge in [0.1, 0.15) is 0 Å². The second kappa shape index (κ2) is 7.35. The molecule has 120 valence electrons. The van der Waals surface area contributed by atoms with Gasteiger partial charge in [0.2, 0.25) is 0 Å². The summed E-state index contributed by atoms with van der Waals surface area (Å²) in [7, 11) is 3.32. The summed E-state index contributed by atoms with van der Waals surface area (Å²) in [5.41, 5.74) is 3.50. The number of likely N-dealkylation sites (tertiary alicyclic amines) is 1. The predicted molar refractivity (Wildman–Crippen MR) is 85.0 cm³/mol. The van der Waals surface area contributed by atoms with Crippen LogP contribution >= 0.6 is 11.6 Å². The van der Waals surface area contributed by atoms with Gasteiger partial charge >= 0.3 is 6.09 Å². The minimum absolute atomic E-state index is 0.179. The molecule has 22 heavy (non-hydrogen) atoms. The lowest BCUT2D eigenvalue weighted by Crippen LogP contribution is -2.37. The third-order valence-electron chi connectivity index (χ3n) is 3.48. The van der Waals surface area contributed by atoms with E-state index < -0.39 is 6.09 Å². The Morgan fingerprint density at radius 1 is 1.23 bits per heavy atom. The molecule has 1 aromatic carbocycles. The van der Waals surface area contributed by atoms with Gasteiger partial charge in [0.15, 0.2) is 0 Å². The summed E-state index contributed by atoms with van der Waals surface area (Å²) in [6, 6.07) is 4.80. The van der Waals surface area contributed by atoms with Crippen molar-refractivity contribution in [3.05, 3.63) is 28.8 Å². The summed E-state index contributed by atoms with van der Waals surface area (Å²) >= 11 is 6.09. The molecule has 0 aliphatic carbocycles. The molecule has 1 aliphatic heterocycles. The molecule has 0 aromatic heterocycles. The Bertz CT molecular complexity index is 557. The Labute approximate surface area is 134 Å². The predicted octanol–water partition coefficient (Wildman–Crippen LogP) is 2.99. The van der Waals surface area contributed by atoms with Crippen LogP contribution in [0, 0.1) is 0 Å². The molecule has 1 heterocycles. The number of carbonyl (C=O) groups is 2. The van der Waals surface area contributed by atoms with Gasteiger partial charge in [0.25, 0.3) is 5.91 Å². The SMILES string of the molecule is CN(C)C(=O)c1ccc(NOC(=O)N2CCCCC2)cc1Cl. The zero-order valence-electron chi connectivity index (χ0n) is 12.8. The van der Waals surface area contributed by atoms with Crippen LogP contribution in [0.3, 0.4) is 0 Å². The van der Waals surface area contributed by atoms with Crippen LogP contribution in [0.15, 0.2) is 18.2 Å². The van der Waals surface area contributed by atoms with Crippen molar-refractivity contribution >= 4 is 29.3 Å². The number of hydrogen-bond donors (Lipinski definition) is 1. The Morgan fingerprint density at radius 3 is 2.50 bits per heavy atom. The van der Waals surface area contributed by atoms with E-state index in [0.29, 0.717) is 16.3 Å². The van der Waals surface area contributed by atoms with Gasteiger partial charge in [0.05, 0.1) is 16.3 Å². The third-order valence-corrected chi connectivity index (χ3v) is 3.79. The molecule has 0 spiro atoms. The molecule has 7 heteroatoms. The quantitative estimate of drug-likeness (QED) is 0.868. The highest BCUT2D eigenvalue weighted by Gasteiger charge is 2.18. The van der Waals surface area contributed by atoms with Crippen LogP contribution in [0.1, 0.15) is 29.6 Å². The number of nitrogens with one attached hydrogen (secondary N) is 1. The minimum atomic E-state index is -0.399. The summed E-state index contributed by atoms with van der Waals surface area (Å²) in [4.78, 5) is 31.9. The first kappa shape index (κ1) is 16.4. The fraction of sp³-hybridized carbons (Fsp3) is 0.467. The van der Waals surface area contributed by atoms with Crippen molar-refractivity contribution < 1.29 is 14.4 Å². The van der Waals surface area contributed by atoms with Crippen molar-refractivity contribution in [3.8, 4) is 0 Å². The van der Waals surface area contributed by atoms with Crippen molar-refractivity contribution in [1.82, 2.24) is 9.80 Å². The fourth-order valence-electron chi connectivity index (χ4n) is 2.24. The van der Waals surface area contributed by atoms with Crippen LogP contribution in [-0.2, 0) is 4.84 Å². The topological polar surface area (TPSA) is 61.9 Å². The first-order valence-corrected chi connectivity index (χ1v) is 7.60. The Morgan fingerprint density at radius 2 is 1.91 bits per heavy atom. The number of amides is 2. The summed E-state index contributed by atoms with van der Waals surface area (Å²) in [6.07, 6.45) is 2.75. The van der Waals surface area contributed by atoms with Crippen LogP contribution in [0.4, 0.5) is 10.5 Å². The standard InChI is InChI=1S/C15H20ClN3O3/c1-18(2)14(20)12-7-6-11(10-13(12)16)17-22-15(21)19-8-4-3-5-9-19/h6-7,10,17H,3-5,8-9H2,1-2H3. The molecule has 0 unspecified atom stereocenters. The van der Waals surface area contributed by atoms with Crippen LogP contribution in [0.5, 0.6) is 0 Å². The Balaban J connectivity index is 1.94. The number of benzene rings is 1. The van der Waals surface area contributed by atoms with Crippen LogP contribution < -0.4 is 5.48 Å². The molecule has 6 nitrogen and oxygen atoms in total. The van der Waals surface area contributed by atoms with Crippen molar-refractivity contribution in [2.75, 3.05) is 32.7 Å². The molecule has 1 N–H and O–H groups in total. The average molecular weight is 326 g/mol. The van der Waals surface area contributed by atoms with Gasteiger partial charge in [-0.2, -0.15) is 0 Å². The first-order chi connectivity index (χ1) is 10.5. The number of nitrogens with zero attached hydrogens (tertiary/aromatic N) is 2. The zero-order chi connectivity index (χ0) is 16.1. The van der Waals surface area contributed by atoms with Gasteiger partial charge in [-0.05, 0) is 37.5 Å². The van der Waals surface area contributed by atoms with E-state index >= 15 is 0 Å². The maximum absolute atomic E-state index is 11.9. The molecule has 1 saturated heterocycles. The largest absolute Gasteiger partial charge is 0.434 e. The van der Waals surface area contributed by atoms with Gasteiger partial charge in [-0.15, -0.1) is 0 Å². The lowest BCUT2D eigenvalue weighted by atomic mass is 10.1. The average Bonchev–Trinajstić information content (AvgIpc) is 2.52. The van der Waals surface area contributed by atoms with Crippen LogP contribution in [0.2, 0.25) is 5.02 Å². The van der Waals surface area contributed by atoms with Gasteiger partial charge in [-0.25, -0.2) is 10.3 Å². The van der Waals surface area contributed by atoms with Crippen molar-refractivity contribution in [3.63, 3.8) is 0 Å². The number of halogens is 1. The zero-order valence-corrected chi connectivity index (χ0v) is 13.5. The van der Waals surface area contributed by atoms with E-state index in [1.165, 1.54) is 4.90 Å². The number of rotatable bonds is 3. The summed E-state index contributed by atoms with van der Waals surface area (Å²) in [5, 5.41) is 0.303. The normalized spacial score (nSPS) is 14.4. The molecule has 1 aromatic rings. The highest BCUT2D eigenvalue weighted by Crippen LogP contribution is 2.22. The summed E-state index contributed by atoms with van der Waals surface area (Å²) in [6.45, 7) is 1.44. The van der Waals surface area contributed by atoms with E-state index in [0.717, 1.165) is 32.4 Å². The van der Waals surface area contributed by atoms with E-state index in [2.05, 4.69) is 5.48 Å². The van der Waals surface area contributed by atoms with E-state index in [1.807, 2.05) is 0 Å². The minimum Gasteiger partial charge on any atom is -0.345 e. The van der Waals surface area contributed by atoms with Crippen molar-refractivity contribution in [2.45, 2.75) is 19.3 Å². The van der Waals surface area contributed by atoms with Gasteiger partial charge in [-0.1, -0.05) is 11.6 Å². The van der Waals surface area contributed by atoms with E-state index in [-0.39, 0.29) is 5.91 Å². The molecule has 0 atom stereocenters. The fourth-order valence-corrected chi connectivity index (χ4v) is 2.50. The molecule has 0 radical (unpaired) electrons. The molecule has 1 fully saturated rings.